The highest BCUT2D eigenvalue weighted by molar-refractivity contribution is 5.83. The van der Waals surface area contributed by atoms with Gasteiger partial charge in [-0.05, 0) is 32.6 Å². The van der Waals surface area contributed by atoms with Gasteiger partial charge in [0, 0.05) is 12.1 Å². The number of carbonyl (C=O) groups is 2. The van der Waals surface area contributed by atoms with E-state index in [4.69, 9.17) is 10.5 Å². The zero-order chi connectivity index (χ0) is 15.2. The fourth-order valence-electron chi connectivity index (χ4n) is 3.81. The van der Waals surface area contributed by atoms with Gasteiger partial charge >= 0.3 is 6.09 Å². The molecule has 2 amide bonds. The third kappa shape index (κ3) is 4.35. The molecule has 0 bridgehead atoms. The summed E-state index contributed by atoms with van der Waals surface area (Å²) in [6.45, 7) is 1.63. The van der Waals surface area contributed by atoms with Crippen molar-refractivity contribution < 1.29 is 14.3 Å². The maximum absolute atomic E-state index is 12.8. The van der Waals surface area contributed by atoms with Crippen molar-refractivity contribution in [2.45, 2.75) is 89.3 Å². The fraction of sp³-hybridized carbons (Fsp3) is 0.875. The van der Waals surface area contributed by atoms with E-state index in [1.807, 2.05) is 4.90 Å². The summed E-state index contributed by atoms with van der Waals surface area (Å²) in [6.07, 6.45) is 9.92. The SMILES string of the molecule is CC(OC(N)=O)C(=O)N(C1CCCCC1)C1CCCCC1. The number of hydrogen-bond donors (Lipinski definition) is 1. The topological polar surface area (TPSA) is 72.6 Å². The molecule has 0 spiro atoms. The Labute approximate surface area is 127 Å². The van der Waals surface area contributed by atoms with E-state index in [0.29, 0.717) is 12.1 Å². The largest absolute Gasteiger partial charge is 0.437 e. The minimum Gasteiger partial charge on any atom is -0.437 e. The van der Waals surface area contributed by atoms with Crippen molar-refractivity contribution >= 4 is 12.0 Å². The molecule has 0 radical (unpaired) electrons. The molecule has 2 fully saturated rings. The van der Waals surface area contributed by atoms with Gasteiger partial charge < -0.3 is 15.4 Å². The average Bonchev–Trinajstić information content (AvgIpc) is 2.49. The Kier molecular flexibility index (Phi) is 5.88. The van der Waals surface area contributed by atoms with Crippen molar-refractivity contribution in [2.24, 2.45) is 5.73 Å². The van der Waals surface area contributed by atoms with Crippen LogP contribution >= 0.6 is 0 Å². The minimum atomic E-state index is -0.872. The number of nitrogens with zero attached hydrogens (tertiary/aromatic N) is 1. The second kappa shape index (κ2) is 7.66. The van der Waals surface area contributed by atoms with Crippen LogP contribution in [-0.4, -0.2) is 35.1 Å². The van der Waals surface area contributed by atoms with Gasteiger partial charge in [0.05, 0.1) is 0 Å². The highest BCUT2D eigenvalue weighted by Crippen LogP contribution is 2.30. The van der Waals surface area contributed by atoms with E-state index in [9.17, 15) is 9.59 Å². The first-order chi connectivity index (χ1) is 10.1. The molecule has 0 aromatic carbocycles. The maximum Gasteiger partial charge on any atom is 0.405 e. The number of hydrogen-bond acceptors (Lipinski definition) is 3. The summed E-state index contributed by atoms with van der Waals surface area (Å²) < 4.78 is 4.92. The highest BCUT2D eigenvalue weighted by Gasteiger charge is 2.35. The van der Waals surface area contributed by atoms with Gasteiger partial charge in [0.15, 0.2) is 6.10 Å². The standard InChI is InChI=1S/C16H28N2O3/c1-12(21-16(17)20)15(19)18(13-8-4-2-5-9-13)14-10-6-3-7-11-14/h12-14H,2-11H2,1H3,(H2,17,20). The molecule has 2 rings (SSSR count). The molecule has 5 heteroatoms. The lowest BCUT2D eigenvalue weighted by Gasteiger charge is -2.42. The zero-order valence-corrected chi connectivity index (χ0v) is 13.1. The van der Waals surface area contributed by atoms with Crippen LogP contribution in [0.1, 0.15) is 71.1 Å². The zero-order valence-electron chi connectivity index (χ0n) is 13.1. The normalized spacial score (nSPS) is 22.5. The monoisotopic (exact) mass is 296 g/mol. The summed E-state index contributed by atoms with van der Waals surface area (Å²) in [7, 11) is 0. The first-order valence-electron chi connectivity index (χ1n) is 8.38. The Bertz CT molecular complexity index is 343. The van der Waals surface area contributed by atoms with Crippen molar-refractivity contribution in [1.29, 1.82) is 0 Å². The molecule has 2 aliphatic rings. The molecule has 1 unspecified atom stereocenters. The third-order valence-corrected chi connectivity index (χ3v) is 4.83. The van der Waals surface area contributed by atoms with Gasteiger partial charge in [0.2, 0.25) is 0 Å². The number of carbonyl (C=O) groups excluding carboxylic acids is 2. The van der Waals surface area contributed by atoms with E-state index in [1.165, 1.54) is 38.5 Å². The molecule has 5 nitrogen and oxygen atoms in total. The van der Waals surface area contributed by atoms with Crippen LogP contribution in [0, 0.1) is 0 Å². The molecule has 21 heavy (non-hydrogen) atoms. The predicted octanol–water partition coefficient (Wildman–Crippen LogP) is 2.96. The van der Waals surface area contributed by atoms with Crippen LogP contribution in [0.3, 0.4) is 0 Å². The van der Waals surface area contributed by atoms with Gasteiger partial charge in [-0.2, -0.15) is 0 Å². The first kappa shape index (κ1) is 16.1. The van der Waals surface area contributed by atoms with Crippen molar-refractivity contribution in [3.63, 3.8) is 0 Å². The number of amides is 2. The van der Waals surface area contributed by atoms with Crippen LogP contribution in [0.2, 0.25) is 0 Å². The predicted molar refractivity (Wildman–Crippen MR) is 80.7 cm³/mol. The molecule has 0 aromatic heterocycles. The van der Waals surface area contributed by atoms with Crippen LogP contribution in [0.5, 0.6) is 0 Å². The Morgan fingerprint density at radius 1 is 0.952 bits per heavy atom. The second-order valence-corrected chi connectivity index (χ2v) is 6.41. The van der Waals surface area contributed by atoms with Crippen molar-refractivity contribution in [1.82, 2.24) is 4.90 Å². The molecule has 2 saturated carbocycles. The van der Waals surface area contributed by atoms with Crippen LogP contribution in [-0.2, 0) is 9.53 Å². The van der Waals surface area contributed by atoms with Crippen molar-refractivity contribution in [2.75, 3.05) is 0 Å². The van der Waals surface area contributed by atoms with Gasteiger partial charge in [0.1, 0.15) is 0 Å². The van der Waals surface area contributed by atoms with Gasteiger partial charge in [0.25, 0.3) is 5.91 Å². The van der Waals surface area contributed by atoms with Gasteiger partial charge in [-0.3, -0.25) is 4.79 Å². The molecule has 0 aromatic rings. The lowest BCUT2D eigenvalue weighted by Crippen LogP contribution is -2.52. The number of nitrogens with two attached hydrogens (primary N) is 1. The summed E-state index contributed by atoms with van der Waals surface area (Å²) in [5, 5.41) is 0. The van der Waals surface area contributed by atoms with Crippen LogP contribution < -0.4 is 5.73 Å². The highest BCUT2D eigenvalue weighted by atomic mass is 16.6. The van der Waals surface area contributed by atoms with E-state index < -0.39 is 12.2 Å². The van der Waals surface area contributed by atoms with E-state index in [-0.39, 0.29) is 5.91 Å². The summed E-state index contributed by atoms with van der Waals surface area (Å²) >= 11 is 0. The molecule has 0 aliphatic heterocycles. The molecule has 120 valence electrons. The quantitative estimate of drug-likeness (QED) is 0.866. The minimum absolute atomic E-state index is 0.0624. The molecular weight excluding hydrogens is 268 g/mol. The molecule has 2 N–H and O–H groups in total. The molecule has 1 atom stereocenters. The average molecular weight is 296 g/mol. The molecular formula is C16H28N2O3. The Balaban J connectivity index is 2.09. The molecule has 0 saturated heterocycles. The van der Waals surface area contributed by atoms with E-state index in [0.717, 1.165) is 25.7 Å². The fourth-order valence-corrected chi connectivity index (χ4v) is 3.81. The van der Waals surface area contributed by atoms with Crippen LogP contribution in [0.25, 0.3) is 0 Å². The first-order valence-corrected chi connectivity index (χ1v) is 8.38. The maximum atomic E-state index is 12.8. The third-order valence-electron chi connectivity index (χ3n) is 4.83. The van der Waals surface area contributed by atoms with Crippen molar-refractivity contribution in [3.8, 4) is 0 Å². The van der Waals surface area contributed by atoms with E-state index in [1.54, 1.807) is 6.92 Å². The van der Waals surface area contributed by atoms with E-state index in [2.05, 4.69) is 0 Å². The van der Waals surface area contributed by atoms with Gasteiger partial charge in [-0.25, -0.2) is 4.79 Å². The van der Waals surface area contributed by atoms with Gasteiger partial charge in [-0.15, -0.1) is 0 Å². The Hall–Kier alpha value is -1.26. The van der Waals surface area contributed by atoms with Crippen LogP contribution in [0.15, 0.2) is 0 Å². The summed E-state index contributed by atoms with van der Waals surface area (Å²) in [5.74, 6) is -0.0624. The second-order valence-electron chi connectivity index (χ2n) is 6.41. The number of ether oxygens (including phenoxy) is 1. The summed E-state index contributed by atoms with van der Waals surface area (Å²) in [5.41, 5.74) is 5.06. The van der Waals surface area contributed by atoms with Crippen LogP contribution in [0.4, 0.5) is 4.79 Å². The van der Waals surface area contributed by atoms with E-state index >= 15 is 0 Å². The smallest absolute Gasteiger partial charge is 0.405 e. The number of primary amides is 1. The molecule has 0 heterocycles. The Morgan fingerprint density at radius 3 is 1.76 bits per heavy atom. The van der Waals surface area contributed by atoms with Gasteiger partial charge in [-0.1, -0.05) is 38.5 Å². The summed E-state index contributed by atoms with van der Waals surface area (Å²) in [6, 6.07) is 0.626. The lowest BCUT2D eigenvalue weighted by atomic mass is 9.88. The number of rotatable bonds is 4. The lowest BCUT2D eigenvalue weighted by molar-refractivity contribution is -0.146. The summed E-state index contributed by atoms with van der Waals surface area (Å²) in [4.78, 5) is 25.7. The Morgan fingerprint density at radius 2 is 1.38 bits per heavy atom. The van der Waals surface area contributed by atoms with Crippen molar-refractivity contribution in [3.05, 3.63) is 0 Å². The molecule has 2 aliphatic carbocycles.